The number of carbonyl (C=O) groups excluding carboxylic acids is 2. The zero-order chi connectivity index (χ0) is 17.3. The van der Waals surface area contributed by atoms with Crippen LogP contribution in [0.3, 0.4) is 0 Å². The quantitative estimate of drug-likeness (QED) is 0.836. The summed E-state index contributed by atoms with van der Waals surface area (Å²) >= 11 is 0. The Balaban J connectivity index is 1.84. The lowest BCUT2D eigenvalue weighted by Gasteiger charge is -2.52. The van der Waals surface area contributed by atoms with E-state index in [-0.39, 0.29) is 17.4 Å². The minimum absolute atomic E-state index is 0.106. The molecule has 2 heterocycles. The van der Waals surface area contributed by atoms with E-state index in [1.54, 1.807) is 0 Å². The number of carbonyl (C=O) groups is 2. The summed E-state index contributed by atoms with van der Waals surface area (Å²) in [6, 6.07) is 6.04. The first-order valence-corrected chi connectivity index (χ1v) is 9.13. The van der Waals surface area contributed by atoms with Crippen LogP contribution >= 0.6 is 0 Å². The number of likely N-dealkylation sites (N-methyl/N-ethyl adjacent to an activating group) is 1. The van der Waals surface area contributed by atoms with E-state index in [2.05, 4.69) is 13.0 Å². The molecule has 0 aliphatic carbocycles. The third-order valence-electron chi connectivity index (χ3n) is 5.53. The second-order valence-corrected chi connectivity index (χ2v) is 7.42. The highest BCUT2D eigenvalue weighted by molar-refractivity contribution is 5.94. The number of nitrogens with zero attached hydrogens (tertiary/aromatic N) is 2. The van der Waals surface area contributed by atoms with Gasteiger partial charge in [0.15, 0.2) is 0 Å². The first-order chi connectivity index (χ1) is 11.4. The van der Waals surface area contributed by atoms with Gasteiger partial charge in [0.1, 0.15) is 0 Å². The van der Waals surface area contributed by atoms with Gasteiger partial charge >= 0.3 is 0 Å². The average Bonchev–Trinajstić information content (AvgIpc) is 2.53. The van der Waals surface area contributed by atoms with Crippen LogP contribution in [0.15, 0.2) is 18.2 Å². The summed E-state index contributed by atoms with van der Waals surface area (Å²) in [5.74, 6) is 0.361. The van der Waals surface area contributed by atoms with E-state index in [0.29, 0.717) is 13.0 Å². The van der Waals surface area contributed by atoms with Crippen molar-refractivity contribution < 1.29 is 9.59 Å². The van der Waals surface area contributed by atoms with E-state index in [9.17, 15) is 9.59 Å². The Hall–Kier alpha value is -1.84. The Morgan fingerprint density at radius 2 is 1.79 bits per heavy atom. The molecule has 2 amide bonds. The van der Waals surface area contributed by atoms with Crippen LogP contribution in [0.2, 0.25) is 0 Å². The molecule has 130 valence electrons. The summed E-state index contributed by atoms with van der Waals surface area (Å²) in [6.07, 6.45) is 4.61. The SMILES string of the molecule is CCN1C(=O)CCCC12CCCN(C(=O)c1cc(C)cc(C)c1)C2. The van der Waals surface area contributed by atoms with Crippen LogP contribution in [0.25, 0.3) is 0 Å². The predicted octanol–water partition coefficient (Wildman–Crippen LogP) is 3.31. The van der Waals surface area contributed by atoms with Gasteiger partial charge in [-0.15, -0.1) is 0 Å². The Kier molecular flexibility index (Phi) is 4.66. The maximum Gasteiger partial charge on any atom is 0.253 e. The topological polar surface area (TPSA) is 40.6 Å². The molecule has 0 bridgehead atoms. The number of hydrogen-bond acceptors (Lipinski definition) is 2. The Morgan fingerprint density at radius 3 is 2.46 bits per heavy atom. The standard InChI is InChI=1S/C20H28N2O2/c1-4-22-18(23)7-5-8-20(22)9-6-10-21(14-20)19(24)17-12-15(2)11-16(3)13-17/h11-13H,4-10,14H2,1-3H3. The van der Waals surface area contributed by atoms with Gasteiger partial charge in [0.05, 0.1) is 5.54 Å². The van der Waals surface area contributed by atoms with E-state index in [1.165, 1.54) is 0 Å². The van der Waals surface area contributed by atoms with Gasteiger partial charge in [0.25, 0.3) is 5.91 Å². The number of rotatable bonds is 2. The van der Waals surface area contributed by atoms with Gasteiger partial charge in [0.2, 0.25) is 5.91 Å². The van der Waals surface area contributed by atoms with E-state index in [4.69, 9.17) is 0 Å². The van der Waals surface area contributed by atoms with Crippen molar-refractivity contribution in [1.29, 1.82) is 0 Å². The molecule has 0 radical (unpaired) electrons. The van der Waals surface area contributed by atoms with Gasteiger partial charge in [-0.05, 0) is 58.6 Å². The molecule has 1 aromatic rings. The van der Waals surface area contributed by atoms with Gasteiger partial charge in [-0.2, -0.15) is 0 Å². The van der Waals surface area contributed by atoms with E-state index in [1.807, 2.05) is 35.8 Å². The van der Waals surface area contributed by atoms with Crippen LogP contribution < -0.4 is 0 Å². The number of likely N-dealkylation sites (tertiary alicyclic amines) is 2. The summed E-state index contributed by atoms with van der Waals surface area (Å²) in [5, 5.41) is 0. The summed E-state index contributed by atoms with van der Waals surface area (Å²) in [6.45, 7) is 8.32. The molecule has 2 aliphatic heterocycles. The number of benzene rings is 1. The average molecular weight is 328 g/mol. The first-order valence-electron chi connectivity index (χ1n) is 9.13. The molecule has 1 spiro atoms. The first kappa shape index (κ1) is 17.0. The minimum Gasteiger partial charge on any atom is -0.336 e. The molecule has 3 rings (SSSR count). The van der Waals surface area contributed by atoms with Crippen LogP contribution in [0, 0.1) is 13.8 Å². The number of hydrogen-bond donors (Lipinski definition) is 0. The van der Waals surface area contributed by atoms with Crippen molar-refractivity contribution in [2.24, 2.45) is 0 Å². The Bertz CT molecular complexity index is 631. The lowest BCUT2D eigenvalue weighted by Crippen LogP contribution is -2.63. The highest BCUT2D eigenvalue weighted by atomic mass is 16.2. The molecule has 2 saturated heterocycles. The summed E-state index contributed by atoms with van der Waals surface area (Å²) in [7, 11) is 0. The number of aryl methyl sites for hydroxylation is 2. The molecule has 0 saturated carbocycles. The minimum atomic E-state index is -0.142. The molecule has 2 fully saturated rings. The molecule has 2 aliphatic rings. The second kappa shape index (κ2) is 6.58. The van der Waals surface area contributed by atoms with Crippen LogP contribution in [-0.2, 0) is 4.79 Å². The molecule has 4 nitrogen and oxygen atoms in total. The van der Waals surface area contributed by atoms with Crippen molar-refractivity contribution in [2.75, 3.05) is 19.6 Å². The molecule has 0 N–H and O–H groups in total. The van der Waals surface area contributed by atoms with Crippen LogP contribution in [0.5, 0.6) is 0 Å². The smallest absolute Gasteiger partial charge is 0.253 e. The largest absolute Gasteiger partial charge is 0.336 e. The number of piperidine rings is 2. The lowest BCUT2D eigenvalue weighted by atomic mass is 9.79. The highest BCUT2D eigenvalue weighted by Gasteiger charge is 2.45. The fraction of sp³-hybridized carbons (Fsp3) is 0.600. The molecular formula is C20H28N2O2. The molecule has 1 atom stereocenters. The zero-order valence-corrected chi connectivity index (χ0v) is 15.1. The van der Waals surface area contributed by atoms with Gasteiger partial charge in [0, 0.05) is 31.6 Å². The molecule has 1 unspecified atom stereocenters. The third-order valence-corrected chi connectivity index (χ3v) is 5.53. The van der Waals surface area contributed by atoms with E-state index >= 15 is 0 Å². The second-order valence-electron chi connectivity index (χ2n) is 7.42. The van der Waals surface area contributed by atoms with Crippen molar-refractivity contribution in [3.05, 3.63) is 34.9 Å². The van der Waals surface area contributed by atoms with Gasteiger partial charge in [-0.25, -0.2) is 0 Å². The number of amides is 2. The maximum absolute atomic E-state index is 13.0. The summed E-state index contributed by atoms with van der Waals surface area (Å²) in [5.41, 5.74) is 2.87. The van der Waals surface area contributed by atoms with E-state index < -0.39 is 0 Å². The molecule has 1 aromatic carbocycles. The monoisotopic (exact) mass is 328 g/mol. The molecule has 0 aromatic heterocycles. The summed E-state index contributed by atoms with van der Waals surface area (Å²) < 4.78 is 0. The molecule has 24 heavy (non-hydrogen) atoms. The van der Waals surface area contributed by atoms with Crippen molar-refractivity contribution in [1.82, 2.24) is 9.80 Å². The Labute approximate surface area is 144 Å². The van der Waals surface area contributed by atoms with Crippen LogP contribution in [0.4, 0.5) is 0 Å². The van der Waals surface area contributed by atoms with Gasteiger partial charge in [-0.3, -0.25) is 9.59 Å². The molecular weight excluding hydrogens is 300 g/mol. The van der Waals surface area contributed by atoms with Crippen molar-refractivity contribution in [3.63, 3.8) is 0 Å². The lowest BCUT2D eigenvalue weighted by molar-refractivity contribution is -0.144. The van der Waals surface area contributed by atoms with Crippen molar-refractivity contribution in [3.8, 4) is 0 Å². The van der Waals surface area contributed by atoms with Gasteiger partial charge in [-0.1, -0.05) is 17.2 Å². The molecule has 4 heteroatoms. The fourth-order valence-electron chi connectivity index (χ4n) is 4.61. The summed E-state index contributed by atoms with van der Waals surface area (Å²) in [4.78, 5) is 29.4. The Morgan fingerprint density at radius 1 is 1.12 bits per heavy atom. The maximum atomic E-state index is 13.0. The third kappa shape index (κ3) is 3.06. The van der Waals surface area contributed by atoms with Crippen molar-refractivity contribution >= 4 is 11.8 Å². The van der Waals surface area contributed by atoms with Gasteiger partial charge < -0.3 is 9.80 Å². The van der Waals surface area contributed by atoms with Crippen molar-refractivity contribution in [2.45, 2.75) is 58.4 Å². The van der Waals surface area contributed by atoms with E-state index in [0.717, 1.165) is 55.5 Å². The van der Waals surface area contributed by atoms with Crippen LogP contribution in [0.1, 0.15) is 60.5 Å². The normalized spacial score (nSPS) is 24.5. The highest BCUT2D eigenvalue weighted by Crippen LogP contribution is 2.37. The van der Waals surface area contributed by atoms with Crippen LogP contribution in [-0.4, -0.2) is 46.8 Å². The fourth-order valence-corrected chi connectivity index (χ4v) is 4.61. The zero-order valence-electron chi connectivity index (χ0n) is 15.1. The predicted molar refractivity (Wildman–Crippen MR) is 95.0 cm³/mol.